The Morgan fingerprint density at radius 1 is 1.05 bits per heavy atom. The molecule has 12 heteroatoms. The Balaban J connectivity index is 1.36. The van der Waals surface area contributed by atoms with Gasteiger partial charge in [-0.15, -0.1) is 18.3 Å². The monoisotopic (exact) mass is 849 g/mol. The second kappa shape index (κ2) is 21.4. The second-order valence-corrected chi connectivity index (χ2v) is 17.5. The number of unbranched alkanes of at least 4 members (excludes halogenated alkanes) is 2. The van der Waals surface area contributed by atoms with Crippen molar-refractivity contribution in [2.45, 2.75) is 93.1 Å². The number of nitriles is 1. The summed E-state index contributed by atoms with van der Waals surface area (Å²) in [6.45, 7) is 5.52. The molecule has 3 aromatic rings. The number of thioether (sulfide) groups is 1. The number of amides is 1. The number of fused-ring (bicyclic) bond motifs is 2. The lowest BCUT2D eigenvalue weighted by molar-refractivity contribution is -0.252. The van der Waals surface area contributed by atoms with Crippen LogP contribution in [0.3, 0.4) is 0 Å². The molecular weight excluding hydrogens is 791 g/mol. The average molecular weight is 850 g/mol. The molecule has 1 saturated carbocycles. The second-order valence-electron chi connectivity index (χ2n) is 16.3. The van der Waals surface area contributed by atoms with Crippen LogP contribution in [0, 0.1) is 29.1 Å². The van der Waals surface area contributed by atoms with Gasteiger partial charge in [0.1, 0.15) is 17.5 Å². The summed E-state index contributed by atoms with van der Waals surface area (Å²) in [5, 5.41) is 34.2. The predicted molar refractivity (Wildman–Crippen MR) is 236 cm³/mol. The van der Waals surface area contributed by atoms with Crippen molar-refractivity contribution in [1.82, 2.24) is 4.90 Å². The van der Waals surface area contributed by atoms with Gasteiger partial charge in [0.05, 0.1) is 43.1 Å². The third-order valence-electron chi connectivity index (χ3n) is 12.5. The number of nitrogens with zero attached hydrogens (tertiary/aromatic N) is 3. The summed E-state index contributed by atoms with van der Waals surface area (Å²) < 4.78 is 26.8. The molecule has 1 amide bonds. The number of benzene rings is 3. The van der Waals surface area contributed by atoms with Crippen molar-refractivity contribution in [3.05, 3.63) is 114 Å². The van der Waals surface area contributed by atoms with Gasteiger partial charge in [0.15, 0.2) is 0 Å². The Hall–Kier alpha value is -4.64. The Kier molecular flexibility index (Phi) is 15.6. The first-order chi connectivity index (χ1) is 29.9. The molecule has 2 heterocycles. The van der Waals surface area contributed by atoms with Gasteiger partial charge in [-0.3, -0.25) is 4.79 Å². The highest BCUT2D eigenvalue weighted by Crippen LogP contribution is 2.62. The van der Waals surface area contributed by atoms with Gasteiger partial charge in [-0.2, -0.15) is 5.26 Å². The van der Waals surface area contributed by atoms with Crippen LogP contribution in [0.4, 0.5) is 0 Å². The zero-order valence-corrected chi connectivity index (χ0v) is 36.0. The third kappa shape index (κ3) is 10.2. The van der Waals surface area contributed by atoms with Gasteiger partial charge in [-0.25, -0.2) is 0 Å². The first kappa shape index (κ1) is 44.4. The fourth-order valence-electron chi connectivity index (χ4n) is 9.60. The summed E-state index contributed by atoms with van der Waals surface area (Å²) in [6, 6.07) is 24.4. The fourth-order valence-corrected chi connectivity index (χ4v) is 10.4. The minimum absolute atomic E-state index is 0.0827. The van der Waals surface area contributed by atoms with Crippen molar-refractivity contribution in [1.29, 1.82) is 5.26 Å². The van der Waals surface area contributed by atoms with Gasteiger partial charge in [-0.05, 0) is 111 Å². The summed E-state index contributed by atoms with van der Waals surface area (Å²) in [5.41, 5.74) is 3.57. The van der Waals surface area contributed by atoms with Gasteiger partial charge in [0.25, 0.3) is 5.91 Å². The lowest BCUT2D eigenvalue weighted by Gasteiger charge is -2.59. The molecule has 11 nitrogen and oxygen atoms in total. The highest BCUT2D eigenvalue weighted by molar-refractivity contribution is 7.99. The average Bonchev–Trinajstić information content (AvgIpc) is 3.30. The Labute approximate surface area is 364 Å². The summed E-state index contributed by atoms with van der Waals surface area (Å²) in [6.07, 6.45) is 11.2. The summed E-state index contributed by atoms with van der Waals surface area (Å²) in [7, 11) is 1.78. The molecule has 0 bridgehead atoms. The number of allylic oxidation sites excluding steroid dienone is 1. The maximum Gasteiger partial charge on any atom is 0.254 e. The maximum absolute atomic E-state index is 14.6. The largest absolute Gasteiger partial charge is 0.493 e. The molecule has 3 aromatic carbocycles. The number of carbonyl (C=O) groups excluding carboxylic acids is 1. The number of hydrogen-bond acceptors (Lipinski definition) is 11. The standard InChI is InChI=1S/C49H59N3O8S/c1-3-26-58-49-44(52(2)48(55)35-20-18-34(33-50)19-21-35)32-42(51-60-45-17-9-12-27-57-45)40-30-36(13-7-10-24-53)39(16-8-11-25-54)46(47(40)49)41-31-37(22-23-43(41)59-49)56-28-29-61-38-14-5-4-6-15-38/h3-6,14-15,18-23,30-31,36,39,44-47,53-54H,1,7-13,16-17,24-29,32H2,2H3/t36-,39+,44-,45?,46+,47+,49+/m0/s1. The highest BCUT2D eigenvalue weighted by Gasteiger charge is 2.65. The van der Waals surface area contributed by atoms with Crippen molar-refractivity contribution in [2.75, 3.05) is 45.8 Å². The fraction of sp³-hybridized carbons (Fsp3) is 0.490. The van der Waals surface area contributed by atoms with E-state index in [0.717, 1.165) is 67.6 Å². The molecule has 1 unspecified atom stereocenters. The molecule has 2 fully saturated rings. The Morgan fingerprint density at radius 3 is 2.56 bits per heavy atom. The zero-order valence-electron chi connectivity index (χ0n) is 35.2. The summed E-state index contributed by atoms with van der Waals surface area (Å²) >= 11 is 1.75. The van der Waals surface area contributed by atoms with Gasteiger partial charge in [0, 0.05) is 60.8 Å². The Bertz CT molecular complexity index is 2030. The van der Waals surface area contributed by atoms with E-state index in [2.05, 4.69) is 36.9 Å². The molecule has 2 aliphatic heterocycles. The van der Waals surface area contributed by atoms with Gasteiger partial charge >= 0.3 is 0 Å². The van der Waals surface area contributed by atoms with Crippen LogP contribution in [0.25, 0.3) is 0 Å². The SMILES string of the molecule is C=CCO[C@@]12Oc3ccc(OCCSc4ccccc4)cc3[C@H]3[C@H](CCCCO)[C@@H](CCCCO)C=C(C(=NOC4CCCCO4)C[C@@H]1N(C)C(=O)c1ccc(C#N)cc1)[C@H]32. The van der Waals surface area contributed by atoms with E-state index in [1.54, 1.807) is 54.1 Å². The molecule has 0 aromatic heterocycles. The highest BCUT2D eigenvalue weighted by atomic mass is 32.2. The third-order valence-corrected chi connectivity index (χ3v) is 13.5. The minimum atomic E-state index is -1.38. The van der Waals surface area contributed by atoms with E-state index in [4.69, 9.17) is 28.9 Å². The summed E-state index contributed by atoms with van der Waals surface area (Å²) in [5.74, 6) is 0.112. The molecule has 61 heavy (non-hydrogen) atoms. The number of oxime groups is 1. The van der Waals surface area contributed by atoms with Gasteiger partial charge in [0.2, 0.25) is 12.1 Å². The number of aliphatic hydroxyl groups is 2. The van der Waals surface area contributed by atoms with E-state index >= 15 is 0 Å². The van der Waals surface area contributed by atoms with Crippen LogP contribution >= 0.6 is 11.8 Å². The smallest absolute Gasteiger partial charge is 0.254 e. The lowest BCUT2D eigenvalue weighted by Crippen LogP contribution is -2.69. The molecule has 0 radical (unpaired) electrons. The number of aliphatic hydroxyl groups excluding tert-OH is 2. The van der Waals surface area contributed by atoms with Crippen molar-refractivity contribution in [3.8, 4) is 17.6 Å². The molecule has 2 aliphatic carbocycles. The van der Waals surface area contributed by atoms with Crippen LogP contribution in [0.15, 0.2) is 107 Å². The van der Waals surface area contributed by atoms with Crippen LogP contribution < -0.4 is 9.47 Å². The van der Waals surface area contributed by atoms with E-state index in [1.165, 1.54) is 4.90 Å². The van der Waals surface area contributed by atoms with Gasteiger partial charge < -0.3 is 38.9 Å². The van der Waals surface area contributed by atoms with E-state index in [1.807, 2.05) is 30.3 Å². The molecular formula is C49H59N3O8S. The van der Waals surface area contributed by atoms with Crippen LogP contribution in [-0.4, -0.2) is 90.7 Å². The van der Waals surface area contributed by atoms with E-state index in [-0.39, 0.29) is 49.9 Å². The van der Waals surface area contributed by atoms with Crippen molar-refractivity contribution in [3.63, 3.8) is 0 Å². The topological polar surface area (TPSA) is 143 Å². The van der Waals surface area contributed by atoms with Crippen LogP contribution in [-0.2, 0) is 14.3 Å². The minimum Gasteiger partial charge on any atom is -0.493 e. The molecule has 1 saturated heterocycles. The molecule has 324 valence electrons. The van der Waals surface area contributed by atoms with Crippen molar-refractivity contribution >= 4 is 23.4 Å². The van der Waals surface area contributed by atoms with E-state index in [9.17, 15) is 20.3 Å². The van der Waals surface area contributed by atoms with Crippen LogP contribution in [0.5, 0.6) is 11.5 Å². The van der Waals surface area contributed by atoms with Crippen molar-refractivity contribution in [2.24, 2.45) is 22.9 Å². The molecule has 7 rings (SSSR count). The normalized spacial score (nSPS) is 25.9. The number of rotatable bonds is 20. The molecule has 2 N–H and O–H groups in total. The first-order valence-corrected chi connectivity index (χ1v) is 22.8. The molecule has 7 atom stereocenters. The number of ether oxygens (including phenoxy) is 4. The molecule has 0 spiro atoms. The molecule has 4 aliphatic rings. The van der Waals surface area contributed by atoms with Crippen LogP contribution in [0.1, 0.15) is 91.6 Å². The van der Waals surface area contributed by atoms with Crippen LogP contribution in [0.2, 0.25) is 0 Å². The summed E-state index contributed by atoms with van der Waals surface area (Å²) in [4.78, 5) is 23.7. The Morgan fingerprint density at radius 2 is 1.84 bits per heavy atom. The number of likely N-dealkylation sites (N-methyl/N-ethyl adjacent to an activating group) is 1. The number of carbonyl (C=O) groups is 1. The quantitative estimate of drug-likeness (QED) is 0.0491. The predicted octanol–water partition coefficient (Wildman–Crippen LogP) is 8.66. The van der Waals surface area contributed by atoms with E-state index < -0.39 is 24.0 Å². The lowest BCUT2D eigenvalue weighted by atomic mass is 9.55. The maximum atomic E-state index is 14.6. The number of hydrogen-bond donors (Lipinski definition) is 2. The first-order valence-electron chi connectivity index (χ1n) is 21.8. The van der Waals surface area contributed by atoms with E-state index in [0.29, 0.717) is 48.6 Å². The zero-order chi connectivity index (χ0) is 42.6. The van der Waals surface area contributed by atoms with Gasteiger partial charge in [-0.1, -0.05) is 48.3 Å². The van der Waals surface area contributed by atoms with Crippen molar-refractivity contribution < 1.29 is 38.8 Å².